The van der Waals surface area contributed by atoms with Gasteiger partial charge in [0.25, 0.3) is 5.91 Å². The molecule has 0 unspecified atom stereocenters. The SMILES string of the molecule is O=C(NC(CO)(CO)CO)c1cccnc1. The second kappa shape index (κ2) is 5.55. The summed E-state index contributed by atoms with van der Waals surface area (Å²) >= 11 is 0. The van der Waals surface area contributed by atoms with Crippen LogP contribution < -0.4 is 5.32 Å². The van der Waals surface area contributed by atoms with Gasteiger partial charge in [-0.15, -0.1) is 0 Å². The number of nitrogens with zero attached hydrogens (tertiary/aromatic N) is 1. The van der Waals surface area contributed by atoms with Crippen molar-refractivity contribution in [3.05, 3.63) is 30.1 Å². The summed E-state index contributed by atoms with van der Waals surface area (Å²) in [6.45, 7) is -1.65. The van der Waals surface area contributed by atoms with Gasteiger partial charge in [-0.3, -0.25) is 9.78 Å². The fourth-order valence-corrected chi connectivity index (χ4v) is 1.08. The molecule has 88 valence electrons. The highest BCUT2D eigenvalue weighted by atomic mass is 16.3. The topological polar surface area (TPSA) is 103 Å². The Morgan fingerprint density at radius 3 is 2.38 bits per heavy atom. The minimum Gasteiger partial charge on any atom is -0.394 e. The molecule has 0 bridgehead atoms. The Kier molecular flexibility index (Phi) is 4.36. The Labute approximate surface area is 92.6 Å². The summed E-state index contributed by atoms with van der Waals surface area (Å²) in [5.74, 6) is -0.509. The summed E-state index contributed by atoms with van der Waals surface area (Å²) in [5.41, 5.74) is -1.12. The molecule has 0 aliphatic rings. The maximum Gasteiger partial charge on any atom is 0.253 e. The number of hydrogen-bond acceptors (Lipinski definition) is 5. The molecule has 6 nitrogen and oxygen atoms in total. The number of aliphatic hydroxyl groups is 3. The van der Waals surface area contributed by atoms with Crippen LogP contribution in [0.4, 0.5) is 0 Å². The Bertz CT molecular complexity index is 330. The zero-order chi connectivity index (χ0) is 12.0. The first kappa shape index (κ1) is 12.6. The molecule has 0 saturated heterocycles. The van der Waals surface area contributed by atoms with E-state index in [4.69, 9.17) is 15.3 Å². The maximum atomic E-state index is 11.7. The molecule has 0 atom stereocenters. The van der Waals surface area contributed by atoms with Crippen molar-refractivity contribution in [2.45, 2.75) is 5.54 Å². The number of nitrogens with one attached hydrogen (secondary N) is 1. The molecule has 0 saturated carbocycles. The fourth-order valence-electron chi connectivity index (χ4n) is 1.08. The molecular weight excluding hydrogens is 212 g/mol. The van der Waals surface area contributed by atoms with E-state index in [0.29, 0.717) is 5.56 Å². The molecule has 1 aromatic heterocycles. The highest BCUT2D eigenvalue weighted by Crippen LogP contribution is 2.04. The van der Waals surface area contributed by atoms with Crippen LogP contribution >= 0.6 is 0 Å². The van der Waals surface area contributed by atoms with E-state index in [1.165, 1.54) is 12.4 Å². The summed E-state index contributed by atoms with van der Waals surface area (Å²) in [6, 6.07) is 3.13. The first-order valence-corrected chi connectivity index (χ1v) is 4.72. The van der Waals surface area contributed by atoms with Crippen LogP contribution in [-0.2, 0) is 0 Å². The predicted octanol–water partition coefficient (Wildman–Crippen LogP) is -1.47. The van der Waals surface area contributed by atoms with Crippen molar-refractivity contribution < 1.29 is 20.1 Å². The van der Waals surface area contributed by atoms with E-state index in [9.17, 15) is 4.79 Å². The Morgan fingerprint density at radius 1 is 1.31 bits per heavy atom. The van der Waals surface area contributed by atoms with Crippen LogP contribution in [-0.4, -0.2) is 51.6 Å². The summed E-state index contributed by atoms with van der Waals surface area (Å²) in [6.07, 6.45) is 2.88. The first-order valence-electron chi connectivity index (χ1n) is 4.72. The lowest BCUT2D eigenvalue weighted by Crippen LogP contribution is -2.57. The summed E-state index contributed by atoms with van der Waals surface area (Å²) in [5, 5.41) is 29.4. The van der Waals surface area contributed by atoms with Crippen molar-refractivity contribution in [1.29, 1.82) is 0 Å². The van der Waals surface area contributed by atoms with Crippen LogP contribution in [0.1, 0.15) is 10.4 Å². The number of carbonyl (C=O) groups excluding carboxylic acids is 1. The minimum absolute atomic E-state index is 0.294. The van der Waals surface area contributed by atoms with E-state index in [-0.39, 0.29) is 0 Å². The largest absolute Gasteiger partial charge is 0.394 e. The second-order valence-electron chi connectivity index (χ2n) is 3.45. The van der Waals surface area contributed by atoms with Crippen molar-refractivity contribution in [3.8, 4) is 0 Å². The van der Waals surface area contributed by atoms with Gasteiger partial charge in [-0.25, -0.2) is 0 Å². The van der Waals surface area contributed by atoms with E-state index >= 15 is 0 Å². The average molecular weight is 226 g/mol. The fraction of sp³-hybridized carbons (Fsp3) is 0.400. The third-order valence-electron chi connectivity index (χ3n) is 2.21. The third kappa shape index (κ3) is 2.75. The zero-order valence-electron chi connectivity index (χ0n) is 8.63. The molecule has 1 aromatic rings. The second-order valence-corrected chi connectivity index (χ2v) is 3.45. The average Bonchev–Trinajstić information content (AvgIpc) is 2.37. The molecule has 0 spiro atoms. The molecule has 0 aliphatic heterocycles. The van der Waals surface area contributed by atoms with E-state index in [1.807, 2.05) is 0 Å². The number of amides is 1. The Hall–Kier alpha value is -1.50. The van der Waals surface area contributed by atoms with Crippen LogP contribution in [0.5, 0.6) is 0 Å². The van der Waals surface area contributed by atoms with Gasteiger partial charge in [0.1, 0.15) is 5.54 Å². The quantitative estimate of drug-likeness (QED) is 0.490. The standard InChI is InChI=1S/C10H14N2O4/c13-5-10(6-14,7-15)12-9(16)8-2-1-3-11-4-8/h1-4,13-15H,5-7H2,(H,12,16). The lowest BCUT2D eigenvalue weighted by molar-refractivity contribution is 0.0375. The predicted molar refractivity (Wildman–Crippen MR) is 55.7 cm³/mol. The Morgan fingerprint density at radius 2 is 1.94 bits per heavy atom. The van der Waals surface area contributed by atoms with Gasteiger partial charge < -0.3 is 20.6 Å². The molecule has 0 aromatic carbocycles. The van der Waals surface area contributed by atoms with E-state index in [2.05, 4.69) is 10.3 Å². The normalized spacial score (nSPS) is 11.2. The Balaban J connectivity index is 2.77. The van der Waals surface area contributed by atoms with Gasteiger partial charge in [0.05, 0.1) is 25.4 Å². The van der Waals surface area contributed by atoms with Crippen LogP contribution in [0, 0.1) is 0 Å². The number of hydrogen-bond donors (Lipinski definition) is 4. The van der Waals surface area contributed by atoms with Gasteiger partial charge in [-0.05, 0) is 12.1 Å². The smallest absolute Gasteiger partial charge is 0.253 e. The van der Waals surface area contributed by atoms with Crippen molar-refractivity contribution in [2.75, 3.05) is 19.8 Å². The third-order valence-corrected chi connectivity index (χ3v) is 2.21. The van der Waals surface area contributed by atoms with Crippen LogP contribution in [0.15, 0.2) is 24.5 Å². The van der Waals surface area contributed by atoms with Crippen molar-refractivity contribution in [3.63, 3.8) is 0 Å². The van der Waals surface area contributed by atoms with Gasteiger partial charge in [0.15, 0.2) is 0 Å². The molecule has 1 amide bonds. The first-order chi connectivity index (χ1) is 7.67. The van der Waals surface area contributed by atoms with Crippen LogP contribution in [0.25, 0.3) is 0 Å². The molecule has 6 heteroatoms. The van der Waals surface area contributed by atoms with Crippen LogP contribution in [0.3, 0.4) is 0 Å². The highest BCUT2D eigenvalue weighted by Gasteiger charge is 2.30. The van der Waals surface area contributed by atoms with E-state index < -0.39 is 31.3 Å². The lowest BCUT2D eigenvalue weighted by atomic mass is 10.0. The molecule has 0 fully saturated rings. The number of carbonyl (C=O) groups is 1. The molecule has 4 N–H and O–H groups in total. The molecule has 0 aliphatic carbocycles. The summed E-state index contributed by atoms with van der Waals surface area (Å²) in [4.78, 5) is 15.4. The molecule has 1 rings (SSSR count). The summed E-state index contributed by atoms with van der Waals surface area (Å²) in [7, 11) is 0. The van der Waals surface area contributed by atoms with E-state index in [1.54, 1.807) is 12.1 Å². The van der Waals surface area contributed by atoms with Crippen molar-refractivity contribution >= 4 is 5.91 Å². The van der Waals surface area contributed by atoms with Gasteiger partial charge >= 0.3 is 0 Å². The van der Waals surface area contributed by atoms with Gasteiger partial charge in [0.2, 0.25) is 0 Å². The summed E-state index contributed by atoms with van der Waals surface area (Å²) < 4.78 is 0. The zero-order valence-corrected chi connectivity index (χ0v) is 8.63. The maximum absolute atomic E-state index is 11.7. The number of pyridine rings is 1. The van der Waals surface area contributed by atoms with Crippen molar-refractivity contribution in [2.24, 2.45) is 0 Å². The molecule has 0 radical (unpaired) electrons. The van der Waals surface area contributed by atoms with Gasteiger partial charge in [-0.1, -0.05) is 0 Å². The molecule has 16 heavy (non-hydrogen) atoms. The van der Waals surface area contributed by atoms with Crippen molar-refractivity contribution in [1.82, 2.24) is 10.3 Å². The molecular formula is C10H14N2O4. The van der Waals surface area contributed by atoms with Gasteiger partial charge in [0, 0.05) is 12.4 Å². The lowest BCUT2D eigenvalue weighted by Gasteiger charge is -2.28. The van der Waals surface area contributed by atoms with Gasteiger partial charge in [-0.2, -0.15) is 0 Å². The number of aliphatic hydroxyl groups excluding tert-OH is 3. The number of rotatable bonds is 5. The monoisotopic (exact) mass is 226 g/mol. The van der Waals surface area contributed by atoms with Crippen LogP contribution in [0.2, 0.25) is 0 Å². The highest BCUT2D eigenvalue weighted by molar-refractivity contribution is 5.94. The number of aromatic nitrogens is 1. The van der Waals surface area contributed by atoms with E-state index in [0.717, 1.165) is 0 Å². The molecule has 1 heterocycles. The minimum atomic E-state index is -1.41.